The number of anilines is 1. The van der Waals surface area contributed by atoms with E-state index in [1.807, 2.05) is 18.2 Å². The molecule has 4 heteroatoms. The molecule has 0 heterocycles. The zero-order valence-corrected chi connectivity index (χ0v) is 12.4. The van der Waals surface area contributed by atoms with Crippen molar-refractivity contribution in [2.45, 2.75) is 26.2 Å². The first-order valence-electron chi connectivity index (χ1n) is 7.05. The molecule has 3 nitrogen and oxygen atoms in total. The first-order chi connectivity index (χ1) is 9.60. The molecule has 0 aliphatic heterocycles. The van der Waals surface area contributed by atoms with E-state index in [2.05, 4.69) is 11.8 Å². The normalized spacial score (nSPS) is 14.7. The maximum atomic E-state index is 10.5. The summed E-state index contributed by atoms with van der Waals surface area (Å²) in [6.45, 7) is 4.23. The molecule has 2 rings (SSSR count). The molecular weight excluding hydrogens is 274 g/mol. The Bertz CT molecular complexity index is 509. The van der Waals surface area contributed by atoms with E-state index in [9.17, 15) is 4.79 Å². The second kappa shape index (κ2) is 6.80. The van der Waals surface area contributed by atoms with Crippen molar-refractivity contribution in [1.82, 2.24) is 0 Å². The van der Waals surface area contributed by atoms with Gasteiger partial charge in [0.05, 0.1) is 10.7 Å². The van der Waals surface area contributed by atoms with Crippen molar-refractivity contribution < 1.29 is 9.90 Å². The summed E-state index contributed by atoms with van der Waals surface area (Å²) in [6.07, 6.45) is 6.40. The van der Waals surface area contributed by atoms with E-state index in [4.69, 9.17) is 16.7 Å². The van der Waals surface area contributed by atoms with Crippen LogP contribution in [0.4, 0.5) is 5.69 Å². The zero-order valence-electron chi connectivity index (χ0n) is 11.7. The highest BCUT2D eigenvalue weighted by Gasteiger charge is 2.24. The number of nitrogens with zero attached hydrogens (tertiary/aromatic N) is 1. The molecule has 20 heavy (non-hydrogen) atoms. The number of carboxylic acids is 1. The number of carbonyl (C=O) groups is 1. The molecule has 1 aromatic rings. The van der Waals surface area contributed by atoms with Crippen LogP contribution in [0.3, 0.4) is 0 Å². The molecule has 108 valence electrons. The molecule has 0 bridgehead atoms. The fourth-order valence-electron chi connectivity index (χ4n) is 2.24. The minimum Gasteiger partial charge on any atom is -0.478 e. The van der Waals surface area contributed by atoms with Crippen LogP contribution in [0, 0.1) is 5.92 Å². The monoisotopic (exact) mass is 293 g/mol. The van der Waals surface area contributed by atoms with Crippen molar-refractivity contribution in [2.75, 3.05) is 18.0 Å². The molecule has 1 aliphatic carbocycles. The minimum atomic E-state index is -0.952. The summed E-state index contributed by atoms with van der Waals surface area (Å²) in [5.41, 5.74) is 1.86. The number of rotatable bonds is 7. The molecule has 0 spiro atoms. The Labute approximate surface area is 124 Å². The molecule has 0 unspecified atom stereocenters. The second-order valence-corrected chi connectivity index (χ2v) is 5.68. The Morgan fingerprint density at radius 1 is 1.50 bits per heavy atom. The average Bonchev–Trinajstić information content (AvgIpc) is 3.20. The fraction of sp³-hybridized carbons (Fsp3) is 0.438. The van der Waals surface area contributed by atoms with Crippen molar-refractivity contribution in [3.8, 4) is 0 Å². The molecule has 1 aromatic carbocycles. The largest absolute Gasteiger partial charge is 0.478 e. The van der Waals surface area contributed by atoms with Crippen molar-refractivity contribution in [2.24, 2.45) is 5.92 Å². The summed E-state index contributed by atoms with van der Waals surface area (Å²) in [5, 5.41) is 9.32. The van der Waals surface area contributed by atoms with E-state index in [0.717, 1.165) is 42.8 Å². The van der Waals surface area contributed by atoms with E-state index in [1.54, 1.807) is 6.08 Å². The standard InChI is InChI=1S/C16H20ClNO2/c1-2-9-18(11-13-3-4-13)15-7-5-12(10-14(15)17)6-8-16(19)20/h5-8,10,13H,2-4,9,11H2,1H3,(H,19,20)/b8-6+. The molecule has 1 fully saturated rings. The lowest BCUT2D eigenvalue weighted by Crippen LogP contribution is -2.26. The predicted octanol–water partition coefficient (Wildman–Crippen LogP) is 4.06. The highest BCUT2D eigenvalue weighted by Crippen LogP contribution is 2.34. The van der Waals surface area contributed by atoms with Gasteiger partial charge in [-0.05, 0) is 49.0 Å². The molecule has 1 saturated carbocycles. The quantitative estimate of drug-likeness (QED) is 0.771. The number of hydrogen-bond acceptors (Lipinski definition) is 2. The van der Waals surface area contributed by atoms with Crippen LogP contribution in [0.1, 0.15) is 31.7 Å². The van der Waals surface area contributed by atoms with E-state index >= 15 is 0 Å². The van der Waals surface area contributed by atoms with Crippen LogP contribution < -0.4 is 4.90 Å². The van der Waals surface area contributed by atoms with Gasteiger partial charge >= 0.3 is 5.97 Å². The maximum absolute atomic E-state index is 10.5. The van der Waals surface area contributed by atoms with E-state index < -0.39 is 5.97 Å². The van der Waals surface area contributed by atoms with Crippen LogP contribution >= 0.6 is 11.6 Å². The van der Waals surface area contributed by atoms with Gasteiger partial charge in [0, 0.05) is 19.2 Å². The lowest BCUT2D eigenvalue weighted by molar-refractivity contribution is -0.131. The summed E-state index contributed by atoms with van der Waals surface area (Å²) in [6, 6.07) is 5.73. The van der Waals surface area contributed by atoms with Gasteiger partial charge in [-0.25, -0.2) is 4.79 Å². The fourth-order valence-corrected chi connectivity index (χ4v) is 2.55. The molecular formula is C16H20ClNO2. The third kappa shape index (κ3) is 4.27. The zero-order chi connectivity index (χ0) is 14.5. The summed E-state index contributed by atoms with van der Waals surface area (Å²) in [5.74, 6) is -0.143. The van der Waals surface area contributed by atoms with Crippen molar-refractivity contribution in [1.29, 1.82) is 0 Å². The lowest BCUT2D eigenvalue weighted by Gasteiger charge is -2.25. The molecule has 0 amide bonds. The van der Waals surface area contributed by atoms with Gasteiger partial charge in [0.2, 0.25) is 0 Å². The third-order valence-electron chi connectivity index (χ3n) is 3.40. The van der Waals surface area contributed by atoms with Crippen molar-refractivity contribution in [3.05, 3.63) is 34.9 Å². The van der Waals surface area contributed by atoms with Gasteiger partial charge in [0.1, 0.15) is 0 Å². The highest BCUT2D eigenvalue weighted by atomic mass is 35.5. The Balaban J connectivity index is 2.15. The topological polar surface area (TPSA) is 40.5 Å². The van der Waals surface area contributed by atoms with Crippen molar-refractivity contribution in [3.63, 3.8) is 0 Å². The third-order valence-corrected chi connectivity index (χ3v) is 3.70. The number of hydrogen-bond donors (Lipinski definition) is 1. The average molecular weight is 294 g/mol. The number of halogens is 1. The summed E-state index contributed by atoms with van der Waals surface area (Å²) < 4.78 is 0. The molecule has 0 aromatic heterocycles. The van der Waals surface area contributed by atoms with Crippen LogP contribution in [-0.2, 0) is 4.79 Å². The summed E-state index contributed by atoms with van der Waals surface area (Å²) in [4.78, 5) is 12.9. The molecule has 0 radical (unpaired) electrons. The highest BCUT2D eigenvalue weighted by molar-refractivity contribution is 6.33. The van der Waals surface area contributed by atoms with Gasteiger partial charge in [-0.1, -0.05) is 24.6 Å². The number of carboxylic acid groups (broad SMARTS) is 1. The first kappa shape index (κ1) is 14.9. The van der Waals surface area contributed by atoms with Crippen molar-refractivity contribution >= 4 is 29.3 Å². The van der Waals surface area contributed by atoms with Crippen LogP contribution in [0.5, 0.6) is 0 Å². The van der Waals surface area contributed by atoms with E-state index in [0.29, 0.717) is 5.02 Å². The Morgan fingerprint density at radius 2 is 2.25 bits per heavy atom. The van der Waals surface area contributed by atoms with Crippen LogP contribution in [0.15, 0.2) is 24.3 Å². The maximum Gasteiger partial charge on any atom is 0.328 e. The van der Waals surface area contributed by atoms with Gasteiger partial charge in [-0.3, -0.25) is 0 Å². The minimum absolute atomic E-state index is 0.687. The van der Waals surface area contributed by atoms with Gasteiger partial charge in [-0.15, -0.1) is 0 Å². The van der Waals surface area contributed by atoms with Crippen LogP contribution in [-0.4, -0.2) is 24.2 Å². The lowest BCUT2D eigenvalue weighted by atomic mass is 10.1. The predicted molar refractivity (Wildman–Crippen MR) is 83.3 cm³/mol. The van der Waals surface area contributed by atoms with Gasteiger partial charge in [0.15, 0.2) is 0 Å². The molecule has 0 saturated heterocycles. The number of aliphatic carboxylic acids is 1. The SMILES string of the molecule is CCCN(CC1CC1)c1ccc(/C=C/C(=O)O)cc1Cl. The van der Waals surface area contributed by atoms with E-state index in [-0.39, 0.29) is 0 Å². The Hall–Kier alpha value is -1.48. The summed E-state index contributed by atoms with van der Waals surface area (Å²) >= 11 is 6.36. The van der Waals surface area contributed by atoms with Crippen LogP contribution in [0.25, 0.3) is 6.08 Å². The molecule has 1 N–H and O–H groups in total. The van der Waals surface area contributed by atoms with Gasteiger partial charge < -0.3 is 10.0 Å². The second-order valence-electron chi connectivity index (χ2n) is 5.27. The van der Waals surface area contributed by atoms with E-state index in [1.165, 1.54) is 12.8 Å². The Kier molecular flexibility index (Phi) is 5.07. The first-order valence-corrected chi connectivity index (χ1v) is 7.43. The number of benzene rings is 1. The molecule has 0 atom stereocenters. The van der Waals surface area contributed by atoms with Gasteiger partial charge in [0.25, 0.3) is 0 Å². The Morgan fingerprint density at radius 3 is 2.80 bits per heavy atom. The van der Waals surface area contributed by atoms with Gasteiger partial charge in [-0.2, -0.15) is 0 Å². The van der Waals surface area contributed by atoms with Crippen LogP contribution in [0.2, 0.25) is 5.02 Å². The molecule has 1 aliphatic rings. The smallest absolute Gasteiger partial charge is 0.328 e. The summed E-state index contributed by atoms with van der Waals surface area (Å²) in [7, 11) is 0.